The van der Waals surface area contributed by atoms with E-state index in [1.807, 2.05) is 0 Å². The molecule has 1 nitrogen and oxygen atoms in total. The molecule has 5 heteroatoms. The number of aromatic nitrogens is 1. The minimum Gasteiger partial charge on any atom is -0.243 e. The number of halogens is 4. The van der Waals surface area contributed by atoms with E-state index in [-0.39, 0.29) is 10.9 Å². The van der Waals surface area contributed by atoms with Crippen molar-refractivity contribution in [2.24, 2.45) is 0 Å². The topological polar surface area (TPSA) is 12.9 Å². The van der Waals surface area contributed by atoms with E-state index in [0.29, 0.717) is 6.07 Å². The van der Waals surface area contributed by atoms with E-state index in [1.54, 1.807) is 6.07 Å². The molecule has 0 spiro atoms. The zero-order valence-corrected chi connectivity index (χ0v) is 7.35. The lowest BCUT2D eigenvalue weighted by molar-refractivity contribution is -0.141. The van der Waals surface area contributed by atoms with E-state index >= 15 is 0 Å². The van der Waals surface area contributed by atoms with Gasteiger partial charge in [-0.25, -0.2) is 9.37 Å². The van der Waals surface area contributed by atoms with Crippen molar-refractivity contribution < 1.29 is 17.6 Å². The third-order valence-corrected chi connectivity index (χ3v) is 1.96. The smallest absolute Gasteiger partial charge is 0.243 e. The molecule has 78 valence electrons. The summed E-state index contributed by atoms with van der Waals surface area (Å²) in [7, 11) is 0. The van der Waals surface area contributed by atoms with E-state index in [1.165, 1.54) is 18.2 Å². The lowest BCUT2D eigenvalue weighted by Gasteiger charge is -2.07. The molecular formula is C10H5F4N. The number of alkyl halides is 3. The van der Waals surface area contributed by atoms with Crippen molar-refractivity contribution in [1.29, 1.82) is 0 Å². The zero-order valence-electron chi connectivity index (χ0n) is 7.35. The molecule has 15 heavy (non-hydrogen) atoms. The first-order valence-electron chi connectivity index (χ1n) is 4.11. The van der Waals surface area contributed by atoms with Gasteiger partial charge in [-0.05, 0) is 12.1 Å². The van der Waals surface area contributed by atoms with Gasteiger partial charge in [-0.1, -0.05) is 12.1 Å². The van der Waals surface area contributed by atoms with Crippen molar-refractivity contribution >= 4 is 10.9 Å². The molecule has 0 aliphatic carbocycles. The number of hydrogen-bond acceptors (Lipinski definition) is 1. The Kier molecular flexibility index (Phi) is 2.10. The number of nitrogens with zero attached hydrogens (tertiary/aromatic N) is 1. The summed E-state index contributed by atoms with van der Waals surface area (Å²) in [6.07, 6.45) is -4.62. The van der Waals surface area contributed by atoms with Gasteiger partial charge >= 0.3 is 6.18 Å². The maximum absolute atomic E-state index is 13.2. The Labute approximate surface area is 82.4 Å². The van der Waals surface area contributed by atoms with Crippen LogP contribution in [-0.2, 0) is 6.18 Å². The summed E-state index contributed by atoms with van der Waals surface area (Å²) < 4.78 is 50.0. The molecule has 0 saturated carbocycles. The van der Waals surface area contributed by atoms with Gasteiger partial charge in [0.15, 0.2) is 0 Å². The van der Waals surface area contributed by atoms with Crippen LogP contribution in [0.3, 0.4) is 0 Å². The van der Waals surface area contributed by atoms with E-state index in [4.69, 9.17) is 0 Å². The van der Waals surface area contributed by atoms with Gasteiger partial charge < -0.3 is 0 Å². The molecule has 2 aromatic rings. The first-order chi connectivity index (χ1) is 6.98. The summed E-state index contributed by atoms with van der Waals surface area (Å²) >= 11 is 0. The third kappa shape index (κ3) is 1.77. The molecule has 0 saturated heterocycles. The second kappa shape index (κ2) is 3.18. The quantitative estimate of drug-likeness (QED) is 0.614. The maximum atomic E-state index is 13.2. The van der Waals surface area contributed by atoms with Crippen LogP contribution in [0, 0.1) is 5.82 Å². The lowest BCUT2D eigenvalue weighted by atomic mass is 10.2. The molecular weight excluding hydrogens is 210 g/mol. The Balaban J connectivity index is 2.73. The molecule has 0 N–H and O–H groups in total. The Hall–Kier alpha value is -1.65. The maximum Gasteiger partial charge on any atom is 0.433 e. The number of pyridine rings is 1. The van der Waals surface area contributed by atoms with Crippen LogP contribution in [0.15, 0.2) is 30.3 Å². The minimum atomic E-state index is -4.62. The first kappa shape index (κ1) is 9.89. The molecule has 1 aromatic carbocycles. The SMILES string of the molecule is Fc1cc(C(F)(F)F)nc2ccccc12. The number of fused-ring (bicyclic) bond motifs is 1. The van der Waals surface area contributed by atoms with Crippen molar-refractivity contribution in [3.8, 4) is 0 Å². The predicted molar refractivity (Wildman–Crippen MR) is 46.7 cm³/mol. The van der Waals surface area contributed by atoms with Gasteiger partial charge in [0.1, 0.15) is 11.5 Å². The van der Waals surface area contributed by atoms with E-state index in [9.17, 15) is 17.6 Å². The van der Waals surface area contributed by atoms with Crippen LogP contribution in [0.1, 0.15) is 5.69 Å². The van der Waals surface area contributed by atoms with Gasteiger partial charge in [0, 0.05) is 11.5 Å². The first-order valence-corrected chi connectivity index (χ1v) is 4.11. The highest BCUT2D eigenvalue weighted by Gasteiger charge is 2.33. The van der Waals surface area contributed by atoms with Crippen molar-refractivity contribution in [2.45, 2.75) is 6.18 Å². The van der Waals surface area contributed by atoms with Crippen LogP contribution in [0.4, 0.5) is 17.6 Å². The summed E-state index contributed by atoms with van der Waals surface area (Å²) in [5, 5.41) is 0.0884. The minimum absolute atomic E-state index is 0.00447. The highest BCUT2D eigenvalue weighted by atomic mass is 19.4. The predicted octanol–water partition coefficient (Wildman–Crippen LogP) is 3.39. The summed E-state index contributed by atoms with van der Waals surface area (Å²) in [6.45, 7) is 0. The van der Waals surface area contributed by atoms with Gasteiger partial charge in [-0.3, -0.25) is 0 Å². The Morgan fingerprint density at radius 3 is 2.40 bits per heavy atom. The van der Waals surface area contributed by atoms with E-state index in [0.717, 1.165) is 0 Å². The standard InChI is InChI=1S/C10H5F4N/c11-7-5-9(10(12,13)14)15-8-4-2-1-3-6(7)8/h1-5H. The molecule has 0 atom stereocenters. The molecule has 0 bridgehead atoms. The molecule has 2 rings (SSSR count). The highest BCUT2D eigenvalue weighted by molar-refractivity contribution is 5.79. The fourth-order valence-corrected chi connectivity index (χ4v) is 1.28. The number of rotatable bonds is 0. The van der Waals surface area contributed by atoms with Crippen molar-refractivity contribution in [3.05, 3.63) is 41.8 Å². The normalized spacial score (nSPS) is 12.0. The Morgan fingerprint density at radius 2 is 1.73 bits per heavy atom. The molecule has 0 fully saturated rings. The summed E-state index contributed by atoms with van der Waals surface area (Å²) in [6, 6.07) is 6.18. The second-order valence-corrected chi connectivity index (χ2v) is 3.00. The fourth-order valence-electron chi connectivity index (χ4n) is 1.28. The van der Waals surface area contributed by atoms with Crippen LogP contribution in [-0.4, -0.2) is 4.98 Å². The molecule has 1 aromatic heterocycles. The molecule has 0 radical (unpaired) electrons. The largest absolute Gasteiger partial charge is 0.433 e. The van der Waals surface area contributed by atoms with E-state index < -0.39 is 17.7 Å². The fraction of sp³-hybridized carbons (Fsp3) is 0.100. The average Bonchev–Trinajstić information content (AvgIpc) is 2.16. The van der Waals surface area contributed by atoms with Gasteiger partial charge in [0.25, 0.3) is 0 Å². The molecule has 1 heterocycles. The second-order valence-electron chi connectivity index (χ2n) is 3.00. The van der Waals surface area contributed by atoms with Crippen LogP contribution in [0.2, 0.25) is 0 Å². The molecule has 0 aliphatic rings. The van der Waals surface area contributed by atoms with Gasteiger partial charge in [0.2, 0.25) is 0 Å². The number of hydrogen-bond donors (Lipinski definition) is 0. The zero-order chi connectivity index (χ0) is 11.1. The highest BCUT2D eigenvalue weighted by Crippen LogP contribution is 2.30. The van der Waals surface area contributed by atoms with Crippen LogP contribution in [0.25, 0.3) is 10.9 Å². The van der Waals surface area contributed by atoms with Crippen molar-refractivity contribution in [1.82, 2.24) is 4.98 Å². The summed E-state index contributed by atoms with van der Waals surface area (Å²) in [5.74, 6) is -0.909. The molecule has 0 aliphatic heterocycles. The van der Waals surface area contributed by atoms with Crippen LogP contribution >= 0.6 is 0 Å². The third-order valence-electron chi connectivity index (χ3n) is 1.96. The van der Waals surface area contributed by atoms with Gasteiger partial charge in [-0.2, -0.15) is 13.2 Å². The number of para-hydroxylation sites is 1. The van der Waals surface area contributed by atoms with Gasteiger partial charge in [0.05, 0.1) is 5.52 Å². The summed E-state index contributed by atoms with van der Waals surface area (Å²) in [5.41, 5.74) is -1.21. The Morgan fingerprint density at radius 1 is 1.07 bits per heavy atom. The van der Waals surface area contributed by atoms with Crippen molar-refractivity contribution in [3.63, 3.8) is 0 Å². The van der Waals surface area contributed by atoms with Crippen LogP contribution < -0.4 is 0 Å². The Bertz CT molecular complexity index is 504. The average molecular weight is 215 g/mol. The van der Waals surface area contributed by atoms with E-state index in [2.05, 4.69) is 4.98 Å². The molecule has 0 amide bonds. The van der Waals surface area contributed by atoms with Gasteiger partial charge in [-0.15, -0.1) is 0 Å². The van der Waals surface area contributed by atoms with Crippen LogP contribution in [0.5, 0.6) is 0 Å². The number of benzene rings is 1. The molecule has 0 unspecified atom stereocenters. The monoisotopic (exact) mass is 215 g/mol. The lowest BCUT2D eigenvalue weighted by Crippen LogP contribution is -2.08. The van der Waals surface area contributed by atoms with Crippen molar-refractivity contribution in [2.75, 3.05) is 0 Å². The summed E-state index contributed by atoms with van der Waals surface area (Å²) in [4.78, 5) is 3.34.